The van der Waals surface area contributed by atoms with E-state index >= 15 is 0 Å². The van der Waals surface area contributed by atoms with Crippen LogP contribution < -0.4 is 5.32 Å². The molecule has 0 aliphatic rings. The van der Waals surface area contributed by atoms with Crippen LogP contribution in [0.15, 0.2) is 30.3 Å². The summed E-state index contributed by atoms with van der Waals surface area (Å²) in [6.45, 7) is 3.77. The van der Waals surface area contributed by atoms with Crippen molar-refractivity contribution >= 4 is 12.1 Å². The summed E-state index contributed by atoms with van der Waals surface area (Å²) in [5.41, 5.74) is 0.855. The molecule has 1 rings (SSSR count). The fourth-order valence-electron chi connectivity index (χ4n) is 1.57. The zero-order valence-electron chi connectivity index (χ0n) is 11.1. The van der Waals surface area contributed by atoms with Crippen LogP contribution in [-0.4, -0.2) is 23.2 Å². The molecule has 2 N–H and O–H groups in total. The molecule has 5 nitrogen and oxygen atoms in total. The van der Waals surface area contributed by atoms with Gasteiger partial charge < -0.3 is 15.2 Å². The number of benzene rings is 1. The second kappa shape index (κ2) is 7.41. The van der Waals surface area contributed by atoms with E-state index in [-0.39, 0.29) is 12.5 Å². The second-order valence-electron chi connectivity index (χ2n) is 4.41. The minimum Gasteiger partial charge on any atom is -0.480 e. The summed E-state index contributed by atoms with van der Waals surface area (Å²) in [6.07, 6.45) is -0.0489. The molecule has 1 aromatic rings. The number of rotatable bonds is 6. The first-order valence-electron chi connectivity index (χ1n) is 6.24. The van der Waals surface area contributed by atoms with Crippen LogP contribution >= 0.6 is 0 Å². The van der Waals surface area contributed by atoms with Crippen molar-refractivity contribution in [1.29, 1.82) is 0 Å². The number of alkyl carbamates (subject to hydrolysis) is 1. The van der Waals surface area contributed by atoms with Crippen LogP contribution in [0.2, 0.25) is 0 Å². The lowest BCUT2D eigenvalue weighted by Gasteiger charge is -2.19. The van der Waals surface area contributed by atoms with Crippen LogP contribution in [0, 0.1) is 5.92 Å². The summed E-state index contributed by atoms with van der Waals surface area (Å²) in [7, 11) is 0. The molecule has 0 unspecified atom stereocenters. The number of carboxylic acid groups (broad SMARTS) is 1. The van der Waals surface area contributed by atoms with E-state index in [1.54, 1.807) is 6.92 Å². The SMILES string of the molecule is CC[C@@H](C)[C@@H](NC(=O)OCc1ccccc1)C(=O)O. The van der Waals surface area contributed by atoms with Crippen molar-refractivity contribution < 1.29 is 19.4 Å². The number of hydrogen-bond donors (Lipinski definition) is 2. The Labute approximate surface area is 112 Å². The topological polar surface area (TPSA) is 75.6 Å². The Morgan fingerprint density at radius 2 is 1.95 bits per heavy atom. The third-order valence-electron chi connectivity index (χ3n) is 2.97. The normalized spacial score (nSPS) is 13.4. The number of carbonyl (C=O) groups excluding carboxylic acids is 1. The Morgan fingerprint density at radius 1 is 1.32 bits per heavy atom. The Kier molecular flexibility index (Phi) is 5.85. The van der Waals surface area contributed by atoms with Gasteiger partial charge in [-0.15, -0.1) is 0 Å². The zero-order chi connectivity index (χ0) is 14.3. The van der Waals surface area contributed by atoms with E-state index in [2.05, 4.69) is 5.32 Å². The van der Waals surface area contributed by atoms with Gasteiger partial charge >= 0.3 is 12.1 Å². The molecule has 1 aromatic carbocycles. The maximum Gasteiger partial charge on any atom is 0.408 e. The summed E-state index contributed by atoms with van der Waals surface area (Å²) in [6, 6.07) is 8.29. The predicted molar refractivity (Wildman–Crippen MR) is 70.6 cm³/mol. The highest BCUT2D eigenvalue weighted by molar-refractivity contribution is 5.80. The summed E-state index contributed by atoms with van der Waals surface area (Å²) in [4.78, 5) is 22.6. The van der Waals surface area contributed by atoms with Gasteiger partial charge in [0.05, 0.1) is 0 Å². The molecule has 0 saturated carbocycles. The highest BCUT2D eigenvalue weighted by Gasteiger charge is 2.25. The molecule has 2 atom stereocenters. The zero-order valence-corrected chi connectivity index (χ0v) is 11.1. The fraction of sp³-hybridized carbons (Fsp3) is 0.429. The van der Waals surface area contributed by atoms with Crippen LogP contribution in [0.5, 0.6) is 0 Å². The van der Waals surface area contributed by atoms with Crippen molar-refractivity contribution in [3.8, 4) is 0 Å². The lowest BCUT2D eigenvalue weighted by Crippen LogP contribution is -2.45. The maximum atomic E-state index is 11.6. The van der Waals surface area contributed by atoms with Gasteiger partial charge in [-0.3, -0.25) is 0 Å². The summed E-state index contributed by atoms with van der Waals surface area (Å²) in [5, 5.41) is 11.4. The molecule has 0 saturated heterocycles. The van der Waals surface area contributed by atoms with Crippen molar-refractivity contribution in [2.75, 3.05) is 0 Å². The largest absolute Gasteiger partial charge is 0.480 e. The summed E-state index contributed by atoms with van der Waals surface area (Å²) in [5.74, 6) is -1.20. The van der Waals surface area contributed by atoms with Gasteiger partial charge in [-0.05, 0) is 11.5 Å². The van der Waals surface area contributed by atoms with E-state index in [1.165, 1.54) is 0 Å². The molecule has 0 fully saturated rings. The molecule has 0 aliphatic heterocycles. The second-order valence-corrected chi connectivity index (χ2v) is 4.41. The number of aliphatic carboxylic acids is 1. The van der Waals surface area contributed by atoms with E-state index in [9.17, 15) is 9.59 Å². The molecular formula is C14H19NO4. The first-order chi connectivity index (χ1) is 9.04. The average Bonchev–Trinajstić information content (AvgIpc) is 2.42. The van der Waals surface area contributed by atoms with Crippen LogP contribution in [0.3, 0.4) is 0 Å². The van der Waals surface area contributed by atoms with Gasteiger partial charge in [-0.2, -0.15) is 0 Å². The first kappa shape index (κ1) is 15.0. The number of carbonyl (C=O) groups is 2. The molecular weight excluding hydrogens is 246 g/mol. The molecule has 104 valence electrons. The van der Waals surface area contributed by atoms with Crippen LogP contribution in [0.25, 0.3) is 0 Å². The molecule has 19 heavy (non-hydrogen) atoms. The molecule has 0 aliphatic carbocycles. The molecule has 0 radical (unpaired) electrons. The molecule has 0 bridgehead atoms. The van der Waals surface area contributed by atoms with Gasteiger partial charge in [0.15, 0.2) is 0 Å². The van der Waals surface area contributed by atoms with Gasteiger partial charge in [-0.1, -0.05) is 50.6 Å². The standard InChI is InChI=1S/C14H19NO4/c1-3-10(2)12(13(16)17)15-14(18)19-9-11-7-5-4-6-8-11/h4-8,10,12H,3,9H2,1-2H3,(H,15,18)(H,16,17)/t10-,12-/m1/s1. The van der Waals surface area contributed by atoms with Gasteiger partial charge in [0.1, 0.15) is 12.6 Å². The van der Waals surface area contributed by atoms with Gasteiger partial charge in [-0.25, -0.2) is 9.59 Å². The minimum atomic E-state index is -1.05. The van der Waals surface area contributed by atoms with E-state index in [0.29, 0.717) is 6.42 Å². The number of ether oxygens (including phenoxy) is 1. The van der Waals surface area contributed by atoms with Crippen molar-refractivity contribution in [2.45, 2.75) is 32.9 Å². The Bertz CT molecular complexity index is 419. The number of nitrogens with one attached hydrogen (secondary N) is 1. The lowest BCUT2D eigenvalue weighted by atomic mass is 10.00. The number of amides is 1. The molecule has 0 spiro atoms. The number of carboxylic acids is 1. The van der Waals surface area contributed by atoms with Gasteiger partial charge in [0.25, 0.3) is 0 Å². The quantitative estimate of drug-likeness (QED) is 0.828. The van der Waals surface area contributed by atoms with E-state index in [4.69, 9.17) is 9.84 Å². The lowest BCUT2D eigenvalue weighted by molar-refractivity contribution is -0.140. The van der Waals surface area contributed by atoms with Crippen molar-refractivity contribution in [2.24, 2.45) is 5.92 Å². The highest BCUT2D eigenvalue weighted by atomic mass is 16.5. The van der Waals surface area contributed by atoms with E-state index < -0.39 is 18.1 Å². The average molecular weight is 265 g/mol. The molecule has 0 aromatic heterocycles. The third-order valence-corrected chi connectivity index (χ3v) is 2.97. The molecule has 1 amide bonds. The summed E-state index contributed by atoms with van der Waals surface area (Å²) >= 11 is 0. The van der Waals surface area contributed by atoms with Crippen molar-refractivity contribution in [1.82, 2.24) is 5.32 Å². The maximum absolute atomic E-state index is 11.6. The van der Waals surface area contributed by atoms with Crippen molar-refractivity contribution in [3.63, 3.8) is 0 Å². The minimum absolute atomic E-state index is 0.125. The third kappa shape index (κ3) is 4.99. The Hall–Kier alpha value is -2.04. The van der Waals surface area contributed by atoms with Crippen LogP contribution in [0.1, 0.15) is 25.8 Å². The molecule has 5 heteroatoms. The number of hydrogen-bond acceptors (Lipinski definition) is 3. The van der Waals surface area contributed by atoms with Crippen molar-refractivity contribution in [3.05, 3.63) is 35.9 Å². The van der Waals surface area contributed by atoms with E-state index in [0.717, 1.165) is 5.56 Å². The van der Waals surface area contributed by atoms with E-state index in [1.807, 2.05) is 37.3 Å². The Morgan fingerprint density at radius 3 is 2.47 bits per heavy atom. The van der Waals surface area contributed by atoms with Crippen LogP contribution in [-0.2, 0) is 16.1 Å². The highest BCUT2D eigenvalue weighted by Crippen LogP contribution is 2.08. The van der Waals surface area contributed by atoms with Gasteiger partial charge in [0.2, 0.25) is 0 Å². The monoisotopic (exact) mass is 265 g/mol. The Balaban J connectivity index is 2.47. The van der Waals surface area contributed by atoms with Gasteiger partial charge in [0, 0.05) is 0 Å². The first-order valence-corrected chi connectivity index (χ1v) is 6.24. The predicted octanol–water partition coefficient (Wildman–Crippen LogP) is 2.41. The summed E-state index contributed by atoms with van der Waals surface area (Å²) < 4.78 is 4.99. The molecule has 0 heterocycles. The van der Waals surface area contributed by atoms with Crippen LogP contribution in [0.4, 0.5) is 4.79 Å². The fourth-order valence-corrected chi connectivity index (χ4v) is 1.57. The smallest absolute Gasteiger partial charge is 0.408 e.